The molecule has 0 aliphatic carbocycles. The lowest BCUT2D eigenvalue weighted by Crippen LogP contribution is -1.99. The molecule has 0 bridgehead atoms. The van der Waals surface area contributed by atoms with Crippen LogP contribution in [0.5, 0.6) is 5.75 Å². The molecule has 21 heavy (non-hydrogen) atoms. The molecule has 0 radical (unpaired) electrons. The van der Waals surface area contributed by atoms with E-state index in [4.69, 9.17) is 17.0 Å². The number of rotatable bonds is 4. The maximum absolute atomic E-state index is 5.44. The second-order valence-corrected chi connectivity index (χ2v) is 4.88. The first-order valence-corrected chi connectivity index (χ1v) is 7.02. The number of hydrogen-bond acceptors (Lipinski definition) is 4. The lowest BCUT2D eigenvalue weighted by atomic mass is 10.2. The lowest BCUT2D eigenvalue weighted by Gasteiger charge is -2.07. The van der Waals surface area contributed by atoms with Gasteiger partial charge in [0, 0.05) is 0 Å². The summed E-state index contributed by atoms with van der Waals surface area (Å²) in [5, 5.41) is 10.1. The lowest BCUT2D eigenvalue weighted by molar-refractivity contribution is 0.340. The standard InChI is InChI=1S/C14H15N5OS/c1-3-20-11-6-4-10(5-7-11)19-9(2)12(8-15-19)13-16-14(21)18-17-13/h4-8H,3H2,1-2H3,(H2,16,17,18,21). The van der Waals surface area contributed by atoms with E-state index in [-0.39, 0.29) is 0 Å². The molecule has 2 N–H and O–H groups in total. The van der Waals surface area contributed by atoms with Gasteiger partial charge in [-0.3, -0.25) is 10.2 Å². The van der Waals surface area contributed by atoms with Crippen molar-refractivity contribution in [2.24, 2.45) is 0 Å². The van der Waals surface area contributed by atoms with Crippen LogP contribution < -0.4 is 4.74 Å². The highest BCUT2D eigenvalue weighted by Gasteiger charge is 2.12. The zero-order chi connectivity index (χ0) is 14.8. The van der Waals surface area contributed by atoms with Gasteiger partial charge in [-0.05, 0) is 50.3 Å². The van der Waals surface area contributed by atoms with Crippen LogP contribution in [0.2, 0.25) is 0 Å². The van der Waals surface area contributed by atoms with Crippen LogP contribution in [0.25, 0.3) is 17.1 Å². The SMILES string of the molecule is CCOc1ccc(-n2ncc(-c3nc(=S)[nH][nH]3)c2C)cc1. The normalized spacial score (nSPS) is 10.8. The van der Waals surface area contributed by atoms with E-state index < -0.39 is 0 Å². The minimum absolute atomic E-state index is 0.429. The Labute approximate surface area is 126 Å². The van der Waals surface area contributed by atoms with Crippen LogP contribution >= 0.6 is 12.2 Å². The second-order valence-electron chi connectivity index (χ2n) is 4.50. The second kappa shape index (κ2) is 5.53. The number of ether oxygens (including phenoxy) is 1. The Bertz CT molecular complexity index is 799. The molecular weight excluding hydrogens is 286 g/mol. The monoisotopic (exact) mass is 301 g/mol. The molecule has 0 saturated carbocycles. The number of nitrogens with one attached hydrogen (secondary N) is 2. The van der Waals surface area contributed by atoms with E-state index in [0.29, 0.717) is 17.2 Å². The summed E-state index contributed by atoms with van der Waals surface area (Å²) >= 11 is 4.98. The molecule has 0 amide bonds. The van der Waals surface area contributed by atoms with Gasteiger partial charge < -0.3 is 4.74 Å². The number of aromatic nitrogens is 5. The smallest absolute Gasteiger partial charge is 0.213 e. The van der Waals surface area contributed by atoms with Gasteiger partial charge in [0.05, 0.1) is 29.7 Å². The van der Waals surface area contributed by atoms with Gasteiger partial charge >= 0.3 is 0 Å². The van der Waals surface area contributed by atoms with Gasteiger partial charge in [0.2, 0.25) is 4.77 Å². The average molecular weight is 301 g/mol. The zero-order valence-electron chi connectivity index (χ0n) is 11.8. The molecule has 3 aromatic rings. The highest BCUT2D eigenvalue weighted by molar-refractivity contribution is 7.71. The average Bonchev–Trinajstić information content (AvgIpc) is 3.06. The van der Waals surface area contributed by atoms with E-state index in [1.165, 1.54) is 0 Å². The molecule has 2 aromatic heterocycles. The van der Waals surface area contributed by atoms with Crippen molar-refractivity contribution in [3.63, 3.8) is 0 Å². The van der Waals surface area contributed by atoms with Crippen molar-refractivity contribution in [2.45, 2.75) is 13.8 Å². The third kappa shape index (κ3) is 2.59. The minimum atomic E-state index is 0.429. The van der Waals surface area contributed by atoms with Gasteiger partial charge in [0.25, 0.3) is 0 Å². The fourth-order valence-electron chi connectivity index (χ4n) is 2.15. The Balaban J connectivity index is 1.96. The zero-order valence-corrected chi connectivity index (χ0v) is 12.6. The van der Waals surface area contributed by atoms with Gasteiger partial charge in [0.15, 0.2) is 5.82 Å². The van der Waals surface area contributed by atoms with Crippen molar-refractivity contribution in [1.29, 1.82) is 0 Å². The Morgan fingerprint density at radius 2 is 2.00 bits per heavy atom. The van der Waals surface area contributed by atoms with Crippen molar-refractivity contribution in [3.8, 4) is 22.8 Å². The van der Waals surface area contributed by atoms with Gasteiger partial charge in [-0.25, -0.2) is 4.68 Å². The first kappa shape index (κ1) is 13.6. The number of hydrogen-bond donors (Lipinski definition) is 2. The molecule has 0 atom stereocenters. The highest BCUT2D eigenvalue weighted by Crippen LogP contribution is 2.22. The predicted octanol–water partition coefficient (Wildman–Crippen LogP) is 3.03. The minimum Gasteiger partial charge on any atom is -0.494 e. The number of benzene rings is 1. The van der Waals surface area contributed by atoms with E-state index in [1.54, 1.807) is 6.20 Å². The molecule has 0 aliphatic rings. The molecule has 0 aliphatic heterocycles. The maximum Gasteiger partial charge on any atom is 0.213 e. The molecule has 2 heterocycles. The number of H-pyrrole nitrogens is 2. The van der Waals surface area contributed by atoms with Gasteiger partial charge in [-0.2, -0.15) is 10.1 Å². The third-order valence-corrected chi connectivity index (χ3v) is 3.35. The Kier molecular flexibility index (Phi) is 3.57. The highest BCUT2D eigenvalue weighted by atomic mass is 32.1. The van der Waals surface area contributed by atoms with E-state index in [0.717, 1.165) is 22.7 Å². The van der Waals surface area contributed by atoms with E-state index in [2.05, 4.69) is 20.3 Å². The molecule has 1 aromatic carbocycles. The fraction of sp³-hybridized carbons (Fsp3) is 0.214. The summed E-state index contributed by atoms with van der Waals surface area (Å²) in [5.74, 6) is 1.54. The maximum atomic E-state index is 5.44. The fourth-order valence-corrected chi connectivity index (χ4v) is 2.29. The van der Waals surface area contributed by atoms with Crippen molar-refractivity contribution < 1.29 is 4.74 Å². The van der Waals surface area contributed by atoms with Crippen LogP contribution in [0.4, 0.5) is 0 Å². The van der Waals surface area contributed by atoms with Gasteiger partial charge in [0.1, 0.15) is 5.75 Å². The van der Waals surface area contributed by atoms with E-state index in [9.17, 15) is 0 Å². The Hall–Kier alpha value is -2.41. The summed E-state index contributed by atoms with van der Waals surface area (Å²) in [6.45, 7) is 4.61. The van der Waals surface area contributed by atoms with Crippen LogP contribution in [-0.2, 0) is 0 Å². The van der Waals surface area contributed by atoms with Crippen LogP contribution in [0, 0.1) is 11.7 Å². The van der Waals surface area contributed by atoms with Crippen molar-refractivity contribution in [3.05, 3.63) is 40.9 Å². The summed E-state index contributed by atoms with van der Waals surface area (Å²) in [5.41, 5.74) is 2.87. The molecule has 0 spiro atoms. The Morgan fingerprint density at radius 1 is 1.24 bits per heavy atom. The third-order valence-electron chi connectivity index (χ3n) is 3.16. The summed E-state index contributed by atoms with van der Waals surface area (Å²) in [6.07, 6.45) is 1.77. The number of aromatic amines is 2. The molecule has 108 valence electrons. The molecule has 0 saturated heterocycles. The summed E-state index contributed by atoms with van der Waals surface area (Å²) < 4.78 is 7.73. The van der Waals surface area contributed by atoms with Gasteiger partial charge in [-0.1, -0.05) is 0 Å². The summed E-state index contributed by atoms with van der Waals surface area (Å²) in [6, 6.07) is 7.81. The first-order valence-electron chi connectivity index (χ1n) is 6.62. The molecule has 3 rings (SSSR count). The van der Waals surface area contributed by atoms with Gasteiger partial charge in [-0.15, -0.1) is 0 Å². The summed E-state index contributed by atoms with van der Waals surface area (Å²) in [4.78, 5) is 4.22. The summed E-state index contributed by atoms with van der Waals surface area (Å²) in [7, 11) is 0. The van der Waals surface area contributed by atoms with Crippen LogP contribution in [0.3, 0.4) is 0 Å². The van der Waals surface area contributed by atoms with Crippen LogP contribution in [0.1, 0.15) is 12.6 Å². The van der Waals surface area contributed by atoms with E-state index >= 15 is 0 Å². The topological polar surface area (TPSA) is 71.5 Å². The largest absolute Gasteiger partial charge is 0.494 e. The Morgan fingerprint density at radius 3 is 2.62 bits per heavy atom. The van der Waals surface area contributed by atoms with Crippen LogP contribution in [0.15, 0.2) is 30.5 Å². The van der Waals surface area contributed by atoms with Crippen LogP contribution in [-0.4, -0.2) is 31.6 Å². The van der Waals surface area contributed by atoms with Crippen molar-refractivity contribution >= 4 is 12.2 Å². The van der Waals surface area contributed by atoms with Crippen molar-refractivity contribution in [1.82, 2.24) is 25.0 Å². The first-order chi connectivity index (χ1) is 10.2. The molecule has 0 unspecified atom stereocenters. The number of nitrogens with zero attached hydrogens (tertiary/aromatic N) is 3. The molecule has 6 nitrogen and oxygen atoms in total. The van der Waals surface area contributed by atoms with E-state index in [1.807, 2.05) is 42.8 Å². The predicted molar refractivity (Wildman–Crippen MR) is 82.2 cm³/mol. The van der Waals surface area contributed by atoms with Crippen molar-refractivity contribution in [2.75, 3.05) is 6.61 Å². The molecule has 7 heteroatoms. The quantitative estimate of drug-likeness (QED) is 0.727. The molecule has 0 fully saturated rings. The molecular formula is C14H15N5OS.